The lowest BCUT2D eigenvalue weighted by Crippen LogP contribution is -2.30. The van der Waals surface area contributed by atoms with Crippen LogP contribution >= 0.6 is 27.5 Å². The van der Waals surface area contributed by atoms with Crippen molar-refractivity contribution in [1.29, 1.82) is 0 Å². The average molecular weight is 345 g/mol. The van der Waals surface area contributed by atoms with Crippen LogP contribution in [0.4, 0.5) is 0 Å². The molecule has 1 saturated heterocycles. The molecule has 0 N–H and O–H groups in total. The number of nitrogens with zero attached hydrogens (tertiary/aromatic N) is 1. The van der Waals surface area contributed by atoms with E-state index in [0.717, 1.165) is 42.6 Å². The molecule has 0 saturated carbocycles. The van der Waals surface area contributed by atoms with Crippen LogP contribution in [-0.2, 0) is 4.79 Å². The Morgan fingerprint density at radius 3 is 3.00 bits per heavy atom. The van der Waals surface area contributed by atoms with Crippen molar-refractivity contribution in [3.63, 3.8) is 0 Å². The summed E-state index contributed by atoms with van der Waals surface area (Å²) >= 11 is 9.44. The van der Waals surface area contributed by atoms with Crippen molar-refractivity contribution in [2.75, 3.05) is 11.9 Å². The predicted molar refractivity (Wildman–Crippen MR) is 82.8 cm³/mol. The summed E-state index contributed by atoms with van der Waals surface area (Å²) in [5.41, 5.74) is 1.17. The van der Waals surface area contributed by atoms with Crippen LogP contribution < -0.4 is 0 Å². The molecule has 2 rings (SSSR count). The highest BCUT2D eigenvalue weighted by molar-refractivity contribution is 9.09. The van der Waals surface area contributed by atoms with E-state index in [2.05, 4.69) is 22.0 Å². The highest BCUT2D eigenvalue weighted by atomic mass is 79.9. The highest BCUT2D eigenvalue weighted by Crippen LogP contribution is 2.33. The average Bonchev–Trinajstić information content (AvgIpc) is 2.88. The van der Waals surface area contributed by atoms with E-state index in [1.165, 1.54) is 5.56 Å². The molecule has 1 aliphatic heterocycles. The van der Waals surface area contributed by atoms with Gasteiger partial charge >= 0.3 is 0 Å². The molecule has 1 aromatic rings. The van der Waals surface area contributed by atoms with Gasteiger partial charge in [-0.05, 0) is 43.4 Å². The zero-order valence-corrected chi connectivity index (χ0v) is 13.3. The first kappa shape index (κ1) is 14.9. The van der Waals surface area contributed by atoms with Gasteiger partial charge in [0.05, 0.1) is 6.04 Å². The van der Waals surface area contributed by atoms with E-state index in [1.807, 2.05) is 23.1 Å². The van der Waals surface area contributed by atoms with Crippen LogP contribution in [0.25, 0.3) is 0 Å². The van der Waals surface area contributed by atoms with Gasteiger partial charge in [-0.25, -0.2) is 0 Å². The lowest BCUT2D eigenvalue weighted by Gasteiger charge is -2.25. The minimum atomic E-state index is 0.218. The fourth-order valence-electron chi connectivity index (χ4n) is 2.64. The molecule has 1 amide bonds. The van der Waals surface area contributed by atoms with Gasteiger partial charge in [0.1, 0.15) is 0 Å². The topological polar surface area (TPSA) is 20.3 Å². The summed E-state index contributed by atoms with van der Waals surface area (Å²) in [4.78, 5) is 14.3. The summed E-state index contributed by atoms with van der Waals surface area (Å²) in [7, 11) is 0. The van der Waals surface area contributed by atoms with E-state index in [9.17, 15) is 4.79 Å². The molecule has 1 fully saturated rings. The van der Waals surface area contributed by atoms with Crippen LogP contribution in [0.15, 0.2) is 24.3 Å². The Morgan fingerprint density at radius 2 is 2.26 bits per heavy atom. The number of amides is 1. The molecule has 0 bridgehead atoms. The number of likely N-dealkylation sites (tertiary alicyclic amines) is 1. The maximum absolute atomic E-state index is 12.3. The van der Waals surface area contributed by atoms with Gasteiger partial charge in [-0.3, -0.25) is 4.79 Å². The monoisotopic (exact) mass is 343 g/mol. The number of hydrogen-bond donors (Lipinski definition) is 0. The van der Waals surface area contributed by atoms with Gasteiger partial charge in [0.2, 0.25) is 5.91 Å². The minimum Gasteiger partial charge on any atom is -0.336 e. The van der Waals surface area contributed by atoms with E-state index in [0.29, 0.717) is 6.42 Å². The molecular formula is C15H19BrClNO. The summed E-state index contributed by atoms with van der Waals surface area (Å²) in [5, 5.41) is 1.72. The molecule has 0 aromatic heterocycles. The highest BCUT2D eigenvalue weighted by Gasteiger charge is 2.29. The third kappa shape index (κ3) is 3.96. The van der Waals surface area contributed by atoms with Crippen LogP contribution in [0, 0.1) is 0 Å². The van der Waals surface area contributed by atoms with Gasteiger partial charge in [0, 0.05) is 23.3 Å². The molecule has 1 heterocycles. The fourth-order valence-corrected chi connectivity index (χ4v) is 3.24. The number of carbonyl (C=O) groups excluding carboxylic acids is 1. The first-order valence-electron chi connectivity index (χ1n) is 6.83. The Balaban J connectivity index is 2.02. The molecule has 0 aliphatic carbocycles. The number of halogens is 2. The SMILES string of the molecule is O=C(CCCCBr)N1CCCC1c1cccc(Cl)c1. The maximum atomic E-state index is 12.3. The summed E-state index contributed by atoms with van der Waals surface area (Å²) < 4.78 is 0. The van der Waals surface area contributed by atoms with Crippen molar-refractivity contribution in [2.24, 2.45) is 0 Å². The summed E-state index contributed by atoms with van der Waals surface area (Å²) in [6.07, 6.45) is 4.80. The van der Waals surface area contributed by atoms with Gasteiger partial charge < -0.3 is 4.90 Å². The number of hydrogen-bond acceptors (Lipinski definition) is 1. The van der Waals surface area contributed by atoms with E-state index >= 15 is 0 Å². The van der Waals surface area contributed by atoms with Crippen molar-refractivity contribution in [2.45, 2.75) is 38.1 Å². The van der Waals surface area contributed by atoms with Crippen molar-refractivity contribution >= 4 is 33.4 Å². The normalized spacial score (nSPS) is 18.8. The molecule has 19 heavy (non-hydrogen) atoms. The van der Waals surface area contributed by atoms with Crippen LogP contribution in [0.2, 0.25) is 5.02 Å². The smallest absolute Gasteiger partial charge is 0.223 e. The summed E-state index contributed by atoms with van der Waals surface area (Å²) in [6.45, 7) is 0.879. The molecule has 0 spiro atoms. The second kappa shape index (κ2) is 7.30. The van der Waals surface area contributed by atoms with Crippen molar-refractivity contribution in [1.82, 2.24) is 4.90 Å². The van der Waals surface area contributed by atoms with Crippen molar-refractivity contribution in [3.05, 3.63) is 34.9 Å². The lowest BCUT2D eigenvalue weighted by atomic mass is 10.0. The van der Waals surface area contributed by atoms with Crippen molar-refractivity contribution < 1.29 is 4.79 Å². The fraction of sp³-hybridized carbons (Fsp3) is 0.533. The third-order valence-corrected chi connectivity index (χ3v) is 4.38. The number of rotatable bonds is 5. The summed E-state index contributed by atoms with van der Waals surface area (Å²) in [5.74, 6) is 0.281. The zero-order chi connectivity index (χ0) is 13.7. The van der Waals surface area contributed by atoms with Gasteiger partial charge in [-0.15, -0.1) is 0 Å². The maximum Gasteiger partial charge on any atom is 0.223 e. The molecule has 1 aliphatic rings. The second-order valence-corrected chi connectivity index (χ2v) is 6.18. The first-order valence-corrected chi connectivity index (χ1v) is 8.33. The Kier molecular flexibility index (Phi) is 5.71. The number of benzene rings is 1. The zero-order valence-electron chi connectivity index (χ0n) is 10.9. The molecule has 104 valence electrons. The lowest BCUT2D eigenvalue weighted by molar-refractivity contribution is -0.132. The van der Waals surface area contributed by atoms with Crippen LogP contribution in [0.5, 0.6) is 0 Å². The van der Waals surface area contributed by atoms with Gasteiger partial charge in [-0.1, -0.05) is 39.7 Å². The largest absolute Gasteiger partial charge is 0.336 e. The van der Waals surface area contributed by atoms with Gasteiger partial charge in [0.15, 0.2) is 0 Å². The molecule has 1 unspecified atom stereocenters. The number of carbonyl (C=O) groups is 1. The quantitative estimate of drug-likeness (QED) is 0.566. The van der Waals surface area contributed by atoms with Gasteiger partial charge in [0.25, 0.3) is 0 Å². The Bertz CT molecular complexity index is 438. The molecular weight excluding hydrogens is 326 g/mol. The first-order chi connectivity index (χ1) is 9.22. The van der Waals surface area contributed by atoms with Crippen LogP contribution in [-0.4, -0.2) is 22.7 Å². The second-order valence-electron chi connectivity index (χ2n) is 4.95. The van der Waals surface area contributed by atoms with E-state index in [-0.39, 0.29) is 11.9 Å². The Hall–Kier alpha value is -0.540. The minimum absolute atomic E-state index is 0.218. The number of unbranched alkanes of at least 4 members (excludes halogenated alkanes) is 1. The summed E-state index contributed by atoms with van der Waals surface area (Å²) in [6, 6.07) is 8.11. The van der Waals surface area contributed by atoms with Crippen LogP contribution in [0.3, 0.4) is 0 Å². The predicted octanol–water partition coefficient (Wildman–Crippen LogP) is 4.57. The van der Waals surface area contributed by atoms with E-state index < -0.39 is 0 Å². The molecule has 4 heteroatoms. The molecule has 1 aromatic carbocycles. The van der Waals surface area contributed by atoms with E-state index in [4.69, 9.17) is 11.6 Å². The van der Waals surface area contributed by atoms with E-state index in [1.54, 1.807) is 0 Å². The van der Waals surface area contributed by atoms with Crippen molar-refractivity contribution in [3.8, 4) is 0 Å². The number of alkyl halides is 1. The molecule has 0 radical (unpaired) electrons. The van der Waals surface area contributed by atoms with Crippen LogP contribution in [0.1, 0.15) is 43.7 Å². The standard InChI is InChI=1S/C15H19BrClNO/c16-9-2-1-8-15(19)18-10-4-7-14(18)12-5-3-6-13(17)11-12/h3,5-6,11,14H,1-2,4,7-10H2. The molecule has 2 nitrogen and oxygen atoms in total. The Morgan fingerprint density at radius 1 is 1.42 bits per heavy atom. The Labute approximate surface area is 128 Å². The molecule has 1 atom stereocenters. The third-order valence-electron chi connectivity index (χ3n) is 3.58. The van der Waals surface area contributed by atoms with Gasteiger partial charge in [-0.2, -0.15) is 0 Å².